The summed E-state index contributed by atoms with van der Waals surface area (Å²) in [6, 6.07) is 8.40. The van der Waals surface area contributed by atoms with E-state index in [9.17, 15) is 0 Å². The van der Waals surface area contributed by atoms with E-state index in [2.05, 4.69) is 45.5 Å². The monoisotopic (exact) mass is 337 g/mol. The molecular weight excluding hydrogens is 314 g/mol. The lowest BCUT2D eigenvalue weighted by Crippen LogP contribution is -2.34. The van der Waals surface area contributed by atoms with Crippen LogP contribution >= 0.6 is 15.9 Å². The summed E-state index contributed by atoms with van der Waals surface area (Å²) < 4.78 is 7.57. The quantitative estimate of drug-likeness (QED) is 0.877. The number of hydrogen-bond acceptors (Lipinski definition) is 2. The Hall–Kier alpha value is -0.380. The van der Waals surface area contributed by atoms with Crippen LogP contribution in [0, 0.1) is 0 Å². The molecule has 1 aliphatic heterocycles. The van der Waals surface area contributed by atoms with Gasteiger partial charge in [0, 0.05) is 17.6 Å². The van der Waals surface area contributed by atoms with E-state index in [1.165, 1.54) is 55.0 Å². The zero-order valence-corrected chi connectivity index (χ0v) is 13.6. The number of halogens is 1. The number of benzene rings is 1. The first-order valence-corrected chi connectivity index (χ1v) is 8.69. The molecule has 1 atom stereocenters. The van der Waals surface area contributed by atoms with Crippen molar-refractivity contribution in [3.8, 4) is 0 Å². The minimum Gasteiger partial charge on any atom is -0.370 e. The van der Waals surface area contributed by atoms with Gasteiger partial charge in [0.2, 0.25) is 0 Å². The topological polar surface area (TPSA) is 21.3 Å². The second-order valence-corrected chi connectivity index (χ2v) is 7.10. The van der Waals surface area contributed by atoms with E-state index in [0.29, 0.717) is 6.10 Å². The summed E-state index contributed by atoms with van der Waals surface area (Å²) in [5, 5.41) is 3.55. The molecule has 0 bridgehead atoms. The van der Waals surface area contributed by atoms with Crippen LogP contribution < -0.4 is 5.32 Å². The first-order valence-electron chi connectivity index (χ1n) is 7.89. The van der Waals surface area contributed by atoms with Gasteiger partial charge in [-0.2, -0.15) is 0 Å². The Balaban J connectivity index is 1.45. The summed E-state index contributed by atoms with van der Waals surface area (Å²) in [6.07, 6.45) is 9.60. The van der Waals surface area contributed by atoms with Crippen molar-refractivity contribution < 1.29 is 4.74 Å². The van der Waals surface area contributed by atoms with Gasteiger partial charge in [0.15, 0.2) is 0 Å². The zero-order chi connectivity index (χ0) is 13.8. The molecule has 20 heavy (non-hydrogen) atoms. The van der Waals surface area contributed by atoms with Gasteiger partial charge in [-0.25, -0.2) is 0 Å². The predicted molar refractivity (Wildman–Crippen MR) is 85.8 cm³/mol. The summed E-state index contributed by atoms with van der Waals surface area (Å²) in [6.45, 7) is 1.89. The van der Waals surface area contributed by atoms with Crippen LogP contribution in [0.5, 0.6) is 0 Å². The van der Waals surface area contributed by atoms with Gasteiger partial charge in [-0.05, 0) is 37.3 Å². The predicted octanol–water partition coefficient (Wildman–Crippen LogP) is 4.42. The van der Waals surface area contributed by atoms with E-state index in [1.807, 2.05) is 0 Å². The molecule has 1 spiro atoms. The standard InChI is InChI=1S/C17H24BrNO/c18-16-7-3-2-6-14(16)12-19-13-15-8-11-17(20-15)9-4-1-5-10-17/h2-3,6-7,15,19H,1,4-5,8-13H2. The third-order valence-electron chi connectivity index (χ3n) is 4.75. The van der Waals surface area contributed by atoms with Crippen molar-refractivity contribution in [3.63, 3.8) is 0 Å². The van der Waals surface area contributed by atoms with Crippen molar-refractivity contribution in [2.24, 2.45) is 0 Å². The van der Waals surface area contributed by atoms with Gasteiger partial charge >= 0.3 is 0 Å². The van der Waals surface area contributed by atoms with Crippen LogP contribution in [-0.2, 0) is 11.3 Å². The highest BCUT2D eigenvalue weighted by atomic mass is 79.9. The second-order valence-electron chi connectivity index (χ2n) is 6.24. The fourth-order valence-electron chi connectivity index (χ4n) is 3.61. The van der Waals surface area contributed by atoms with Crippen LogP contribution in [0.15, 0.2) is 28.7 Å². The average Bonchev–Trinajstić information content (AvgIpc) is 2.85. The van der Waals surface area contributed by atoms with Crippen LogP contribution in [0.4, 0.5) is 0 Å². The Bertz CT molecular complexity index is 442. The lowest BCUT2D eigenvalue weighted by atomic mass is 9.83. The zero-order valence-electron chi connectivity index (χ0n) is 12.0. The third-order valence-corrected chi connectivity index (χ3v) is 5.52. The molecule has 3 heteroatoms. The van der Waals surface area contributed by atoms with Crippen LogP contribution in [0.25, 0.3) is 0 Å². The Morgan fingerprint density at radius 1 is 1.15 bits per heavy atom. The maximum atomic E-state index is 6.38. The van der Waals surface area contributed by atoms with E-state index < -0.39 is 0 Å². The van der Waals surface area contributed by atoms with E-state index in [-0.39, 0.29) is 5.60 Å². The van der Waals surface area contributed by atoms with Gasteiger partial charge in [-0.15, -0.1) is 0 Å². The molecular formula is C17H24BrNO. The Labute approximate surface area is 130 Å². The number of ether oxygens (including phenoxy) is 1. The van der Waals surface area contributed by atoms with Crippen molar-refractivity contribution in [2.75, 3.05) is 6.54 Å². The molecule has 1 heterocycles. The van der Waals surface area contributed by atoms with Crippen molar-refractivity contribution in [1.82, 2.24) is 5.32 Å². The molecule has 110 valence electrons. The highest BCUT2D eigenvalue weighted by Crippen LogP contribution is 2.41. The fourth-order valence-corrected chi connectivity index (χ4v) is 4.04. The third kappa shape index (κ3) is 3.44. The molecule has 1 aromatic carbocycles. The summed E-state index contributed by atoms with van der Waals surface area (Å²) >= 11 is 3.60. The molecule has 1 saturated carbocycles. The molecule has 1 saturated heterocycles. The summed E-state index contributed by atoms with van der Waals surface area (Å²) in [4.78, 5) is 0. The van der Waals surface area contributed by atoms with E-state index in [4.69, 9.17) is 4.74 Å². The summed E-state index contributed by atoms with van der Waals surface area (Å²) in [5.41, 5.74) is 1.57. The molecule has 1 aromatic rings. The van der Waals surface area contributed by atoms with E-state index >= 15 is 0 Å². The molecule has 1 aliphatic carbocycles. The maximum Gasteiger partial charge on any atom is 0.0708 e. The van der Waals surface area contributed by atoms with Crippen molar-refractivity contribution in [1.29, 1.82) is 0 Å². The molecule has 2 fully saturated rings. The number of nitrogens with one attached hydrogen (secondary N) is 1. The first-order chi connectivity index (χ1) is 9.77. The van der Waals surface area contributed by atoms with Gasteiger partial charge in [0.05, 0.1) is 11.7 Å². The molecule has 2 nitrogen and oxygen atoms in total. The Kier molecular flexibility index (Phi) is 4.79. The lowest BCUT2D eigenvalue weighted by molar-refractivity contribution is -0.0624. The van der Waals surface area contributed by atoms with Gasteiger partial charge < -0.3 is 10.1 Å². The molecule has 1 unspecified atom stereocenters. The van der Waals surface area contributed by atoms with Crippen molar-refractivity contribution in [3.05, 3.63) is 34.3 Å². The number of rotatable bonds is 4. The Morgan fingerprint density at radius 2 is 1.95 bits per heavy atom. The van der Waals surface area contributed by atoms with Crippen molar-refractivity contribution >= 4 is 15.9 Å². The van der Waals surface area contributed by atoms with E-state index in [1.54, 1.807) is 0 Å². The number of hydrogen-bond donors (Lipinski definition) is 1. The Morgan fingerprint density at radius 3 is 2.75 bits per heavy atom. The smallest absolute Gasteiger partial charge is 0.0708 e. The summed E-state index contributed by atoms with van der Waals surface area (Å²) in [7, 11) is 0. The summed E-state index contributed by atoms with van der Waals surface area (Å²) in [5.74, 6) is 0. The van der Waals surface area contributed by atoms with Crippen molar-refractivity contribution in [2.45, 2.75) is 63.2 Å². The molecule has 0 radical (unpaired) electrons. The van der Waals surface area contributed by atoms with Gasteiger partial charge in [0.1, 0.15) is 0 Å². The second kappa shape index (κ2) is 6.59. The maximum absolute atomic E-state index is 6.38. The normalized spacial score (nSPS) is 25.1. The minimum atomic E-state index is 0.248. The highest BCUT2D eigenvalue weighted by molar-refractivity contribution is 9.10. The fraction of sp³-hybridized carbons (Fsp3) is 0.647. The van der Waals surface area contributed by atoms with Gasteiger partial charge in [-0.1, -0.05) is 53.4 Å². The molecule has 0 amide bonds. The molecule has 3 rings (SSSR count). The minimum absolute atomic E-state index is 0.248. The van der Waals surface area contributed by atoms with Gasteiger partial charge in [-0.3, -0.25) is 0 Å². The van der Waals surface area contributed by atoms with Crippen LogP contribution in [-0.4, -0.2) is 18.2 Å². The van der Waals surface area contributed by atoms with Crippen LogP contribution in [0.3, 0.4) is 0 Å². The average molecular weight is 338 g/mol. The van der Waals surface area contributed by atoms with Crippen LogP contribution in [0.2, 0.25) is 0 Å². The van der Waals surface area contributed by atoms with Gasteiger partial charge in [0.25, 0.3) is 0 Å². The largest absolute Gasteiger partial charge is 0.370 e. The molecule has 2 aliphatic rings. The molecule has 1 N–H and O–H groups in total. The SMILES string of the molecule is Brc1ccccc1CNCC1CCC2(CCCCC2)O1. The molecule has 0 aromatic heterocycles. The first kappa shape index (κ1) is 14.6. The van der Waals surface area contributed by atoms with Crippen LogP contribution in [0.1, 0.15) is 50.5 Å². The van der Waals surface area contributed by atoms with E-state index in [0.717, 1.165) is 13.1 Å². The lowest BCUT2D eigenvalue weighted by Gasteiger charge is -2.33. The highest BCUT2D eigenvalue weighted by Gasteiger charge is 2.40.